The Morgan fingerprint density at radius 3 is 2.62 bits per heavy atom. The molecule has 1 saturated carbocycles. The fourth-order valence-electron chi connectivity index (χ4n) is 2.14. The highest BCUT2D eigenvalue weighted by Crippen LogP contribution is 2.44. The molecule has 1 heterocycles. The molecule has 16 heavy (non-hydrogen) atoms. The first-order chi connectivity index (χ1) is 7.74. The zero-order valence-electron chi connectivity index (χ0n) is 9.71. The van der Waals surface area contributed by atoms with Gasteiger partial charge in [-0.05, 0) is 43.1 Å². The Labute approximate surface area is 101 Å². The van der Waals surface area contributed by atoms with Gasteiger partial charge in [-0.2, -0.15) is 11.8 Å². The fraction of sp³-hybridized carbons (Fsp3) is 0.917. The lowest BCUT2D eigenvalue weighted by molar-refractivity contribution is -0.122. The normalized spacial score (nSPS) is 24.1. The van der Waals surface area contributed by atoms with E-state index in [4.69, 9.17) is 5.11 Å². The molecular formula is C12H21NO2S. The van der Waals surface area contributed by atoms with Crippen LogP contribution in [0.15, 0.2) is 0 Å². The first-order valence-corrected chi connectivity index (χ1v) is 7.35. The maximum absolute atomic E-state index is 11.7. The van der Waals surface area contributed by atoms with Gasteiger partial charge < -0.3 is 10.4 Å². The summed E-state index contributed by atoms with van der Waals surface area (Å²) in [6, 6.07) is 0. The molecule has 1 aliphatic heterocycles. The van der Waals surface area contributed by atoms with Crippen molar-refractivity contribution in [2.75, 3.05) is 24.7 Å². The van der Waals surface area contributed by atoms with Crippen molar-refractivity contribution < 1.29 is 9.90 Å². The first-order valence-electron chi connectivity index (χ1n) is 6.19. The molecule has 2 aliphatic rings. The highest BCUT2D eigenvalue weighted by atomic mass is 32.2. The summed E-state index contributed by atoms with van der Waals surface area (Å²) in [5.74, 6) is 3.18. The van der Waals surface area contributed by atoms with E-state index in [2.05, 4.69) is 5.32 Å². The van der Waals surface area contributed by atoms with Crippen molar-refractivity contribution in [1.82, 2.24) is 5.32 Å². The Balaban J connectivity index is 1.64. The number of rotatable bonds is 5. The minimum atomic E-state index is 0.0398. The zero-order chi connectivity index (χ0) is 11.4. The molecule has 0 unspecified atom stereocenters. The molecule has 4 heteroatoms. The average Bonchev–Trinajstić information content (AvgIpc) is 3.09. The third-order valence-electron chi connectivity index (χ3n) is 3.77. The van der Waals surface area contributed by atoms with Gasteiger partial charge in [-0.15, -0.1) is 0 Å². The summed E-state index contributed by atoms with van der Waals surface area (Å²) in [7, 11) is 0. The third kappa shape index (κ3) is 3.39. The maximum atomic E-state index is 11.7. The molecule has 0 bridgehead atoms. The van der Waals surface area contributed by atoms with Crippen LogP contribution >= 0.6 is 11.8 Å². The van der Waals surface area contributed by atoms with Crippen LogP contribution in [-0.2, 0) is 4.79 Å². The Kier molecular flexibility index (Phi) is 4.14. The van der Waals surface area contributed by atoms with Crippen LogP contribution < -0.4 is 5.32 Å². The monoisotopic (exact) mass is 243 g/mol. The molecule has 2 N–H and O–H groups in total. The molecule has 2 rings (SSSR count). The zero-order valence-corrected chi connectivity index (χ0v) is 10.5. The van der Waals surface area contributed by atoms with Gasteiger partial charge >= 0.3 is 0 Å². The van der Waals surface area contributed by atoms with Gasteiger partial charge in [0, 0.05) is 18.4 Å². The fourth-order valence-corrected chi connectivity index (χ4v) is 3.34. The molecule has 3 nitrogen and oxygen atoms in total. The molecule has 0 spiro atoms. The topological polar surface area (TPSA) is 49.3 Å². The number of aliphatic hydroxyl groups excluding tert-OH is 1. The lowest BCUT2D eigenvalue weighted by atomic mass is 9.98. The minimum absolute atomic E-state index is 0.0398. The second-order valence-corrected chi connectivity index (χ2v) is 6.42. The lowest BCUT2D eigenvalue weighted by Crippen LogP contribution is -2.33. The van der Waals surface area contributed by atoms with Gasteiger partial charge in [-0.3, -0.25) is 4.79 Å². The highest BCUT2D eigenvalue weighted by molar-refractivity contribution is 7.99. The average molecular weight is 243 g/mol. The number of hydrogen-bond donors (Lipinski definition) is 2. The Morgan fingerprint density at radius 2 is 2.06 bits per heavy atom. The van der Waals surface area contributed by atoms with E-state index >= 15 is 0 Å². The number of aliphatic hydroxyl groups is 1. The van der Waals surface area contributed by atoms with E-state index in [1.807, 2.05) is 11.8 Å². The molecule has 1 saturated heterocycles. The molecule has 1 aliphatic carbocycles. The number of nitrogens with one attached hydrogen (secondary N) is 1. The van der Waals surface area contributed by atoms with Crippen LogP contribution in [0.4, 0.5) is 0 Å². The van der Waals surface area contributed by atoms with Gasteiger partial charge in [0.2, 0.25) is 5.91 Å². The summed E-state index contributed by atoms with van der Waals surface area (Å²) < 4.78 is 0. The van der Waals surface area contributed by atoms with Crippen molar-refractivity contribution in [3.05, 3.63) is 0 Å². The summed E-state index contributed by atoms with van der Waals surface area (Å²) in [4.78, 5) is 11.7. The van der Waals surface area contributed by atoms with Crippen molar-refractivity contribution in [3.63, 3.8) is 0 Å². The molecule has 0 aromatic rings. The highest BCUT2D eigenvalue weighted by Gasteiger charge is 2.42. The van der Waals surface area contributed by atoms with Crippen molar-refractivity contribution >= 4 is 17.7 Å². The molecule has 92 valence electrons. The van der Waals surface area contributed by atoms with E-state index in [1.165, 1.54) is 24.3 Å². The summed E-state index contributed by atoms with van der Waals surface area (Å²) in [6.07, 6.45) is 5.17. The Bertz CT molecular complexity index is 247. The second-order valence-electron chi connectivity index (χ2n) is 5.19. The second kappa shape index (κ2) is 5.41. The van der Waals surface area contributed by atoms with Gasteiger partial charge in [-0.1, -0.05) is 0 Å². The van der Waals surface area contributed by atoms with Crippen LogP contribution in [0, 0.1) is 11.3 Å². The van der Waals surface area contributed by atoms with Crippen molar-refractivity contribution in [3.8, 4) is 0 Å². The quantitative estimate of drug-likeness (QED) is 0.767. The summed E-state index contributed by atoms with van der Waals surface area (Å²) in [6.45, 7) is 0.886. The third-order valence-corrected chi connectivity index (χ3v) is 4.82. The van der Waals surface area contributed by atoms with Crippen LogP contribution in [0.3, 0.4) is 0 Å². The lowest BCUT2D eigenvalue weighted by Gasteiger charge is -2.21. The van der Waals surface area contributed by atoms with Gasteiger partial charge in [0.15, 0.2) is 0 Å². The molecular weight excluding hydrogens is 222 g/mol. The molecule has 0 radical (unpaired) electrons. The van der Waals surface area contributed by atoms with Crippen molar-refractivity contribution in [1.29, 1.82) is 0 Å². The van der Waals surface area contributed by atoms with Crippen molar-refractivity contribution in [2.24, 2.45) is 11.3 Å². The van der Waals surface area contributed by atoms with Crippen LogP contribution in [-0.4, -0.2) is 35.7 Å². The number of amides is 1. The number of carbonyl (C=O) groups excluding carboxylic acids is 1. The number of thioether (sulfide) groups is 1. The van der Waals surface area contributed by atoms with Crippen LogP contribution in [0.5, 0.6) is 0 Å². The molecule has 1 amide bonds. The SMILES string of the molecule is O=C(CC1CCSCC1)NCC1(CO)CC1. The van der Waals surface area contributed by atoms with E-state index in [9.17, 15) is 4.79 Å². The Morgan fingerprint density at radius 1 is 1.38 bits per heavy atom. The molecule has 2 fully saturated rings. The van der Waals surface area contributed by atoms with Crippen LogP contribution in [0.1, 0.15) is 32.1 Å². The largest absolute Gasteiger partial charge is 0.396 e. The summed E-state index contributed by atoms with van der Waals surface area (Å²) in [5.41, 5.74) is 0.0398. The smallest absolute Gasteiger partial charge is 0.220 e. The molecule has 0 aromatic carbocycles. The van der Waals surface area contributed by atoms with Crippen LogP contribution in [0.25, 0.3) is 0 Å². The predicted molar refractivity (Wildman–Crippen MR) is 66.4 cm³/mol. The van der Waals surface area contributed by atoms with E-state index in [-0.39, 0.29) is 17.9 Å². The van der Waals surface area contributed by atoms with E-state index in [0.717, 1.165) is 12.8 Å². The summed E-state index contributed by atoms with van der Waals surface area (Å²) >= 11 is 1.99. The van der Waals surface area contributed by atoms with Gasteiger partial charge in [0.05, 0.1) is 6.61 Å². The standard InChI is InChI=1S/C12H21NO2S/c14-9-12(3-4-12)8-13-11(15)7-10-1-5-16-6-2-10/h10,14H,1-9H2,(H,13,15). The minimum Gasteiger partial charge on any atom is -0.396 e. The van der Waals surface area contributed by atoms with Gasteiger partial charge in [0.25, 0.3) is 0 Å². The van der Waals surface area contributed by atoms with Gasteiger partial charge in [-0.25, -0.2) is 0 Å². The molecule has 0 aromatic heterocycles. The number of hydrogen-bond acceptors (Lipinski definition) is 3. The maximum Gasteiger partial charge on any atom is 0.220 e. The van der Waals surface area contributed by atoms with Crippen LogP contribution in [0.2, 0.25) is 0 Å². The van der Waals surface area contributed by atoms with E-state index in [0.29, 0.717) is 18.9 Å². The number of carbonyl (C=O) groups is 1. The van der Waals surface area contributed by atoms with Crippen molar-refractivity contribution in [2.45, 2.75) is 32.1 Å². The first kappa shape index (κ1) is 12.2. The van der Waals surface area contributed by atoms with Gasteiger partial charge in [0.1, 0.15) is 0 Å². The van der Waals surface area contributed by atoms with E-state index in [1.54, 1.807) is 0 Å². The summed E-state index contributed by atoms with van der Waals surface area (Å²) in [5, 5.41) is 12.1. The van der Waals surface area contributed by atoms with E-state index < -0.39 is 0 Å². The molecule has 0 atom stereocenters. The Hall–Kier alpha value is -0.220. The predicted octanol–water partition coefficient (Wildman–Crippen LogP) is 1.41.